The highest BCUT2D eigenvalue weighted by molar-refractivity contribution is 5.90. The standard InChI is InChI=1S/C14H13N3O2/c1-15-13(18)17(14(19)16(15)2)12-9-5-7-10-6-3-4-8-11(10)12/h3-9H,1-2H3. The van der Waals surface area contributed by atoms with Crippen molar-refractivity contribution in [3.05, 3.63) is 63.4 Å². The summed E-state index contributed by atoms with van der Waals surface area (Å²) in [7, 11) is 3.15. The van der Waals surface area contributed by atoms with Gasteiger partial charge in [-0.15, -0.1) is 0 Å². The summed E-state index contributed by atoms with van der Waals surface area (Å²) in [6.07, 6.45) is 0. The number of rotatable bonds is 1. The van der Waals surface area contributed by atoms with Crippen molar-refractivity contribution in [2.24, 2.45) is 14.1 Å². The summed E-state index contributed by atoms with van der Waals surface area (Å²) in [6, 6.07) is 13.3. The normalized spacial score (nSPS) is 11.1. The fraction of sp³-hybridized carbons (Fsp3) is 0.143. The van der Waals surface area contributed by atoms with Crippen LogP contribution < -0.4 is 11.4 Å². The van der Waals surface area contributed by atoms with Crippen molar-refractivity contribution < 1.29 is 0 Å². The third-order valence-corrected chi connectivity index (χ3v) is 3.39. The molecule has 0 amide bonds. The number of fused-ring (bicyclic) bond motifs is 1. The number of hydrogen-bond donors (Lipinski definition) is 0. The molecule has 0 saturated heterocycles. The lowest BCUT2D eigenvalue weighted by atomic mass is 10.1. The van der Waals surface area contributed by atoms with E-state index < -0.39 is 0 Å². The molecule has 0 radical (unpaired) electrons. The lowest BCUT2D eigenvalue weighted by molar-refractivity contribution is 0.565. The van der Waals surface area contributed by atoms with Crippen LogP contribution in [0.2, 0.25) is 0 Å². The minimum atomic E-state index is -0.344. The average Bonchev–Trinajstić information content (AvgIpc) is 2.63. The molecule has 1 aromatic heterocycles. The van der Waals surface area contributed by atoms with Crippen molar-refractivity contribution in [1.82, 2.24) is 13.9 Å². The second-order valence-corrected chi connectivity index (χ2v) is 4.45. The van der Waals surface area contributed by atoms with Gasteiger partial charge in [0, 0.05) is 19.5 Å². The molecule has 0 saturated carbocycles. The van der Waals surface area contributed by atoms with E-state index in [0.717, 1.165) is 10.8 Å². The third-order valence-electron chi connectivity index (χ3n) is 3.39. The molecule has 0 N–H and O–H groups in total. The molecular formula is C14H13N3O2. The van der Waals surface area contributed by atoms with Gasteiger partial charge in [0.2, 0.25) is 0 Å². The number of hydrogen-bond acceptors (Lipinski definition) is 2. The van der Waals surface area contributed by atoms with Gasteiger partial charge in [0.25, 0.3) is 0 Å². The molecule has 0 fully saturated rings. The summed E-state index contributed by atoms with van der Waals surface area (Å²) in [4.78, 5) is 24.3. The van der Waals surface area contributed by atoms with Gasteiger partial charge in [0.05, 0.1) is 5.69 Å². The van der Waals surface area contributed by atoms with Crippen LogP contribution in [0.5, 0.6) is 0 Å². The molecular weight excluding hydrogens is 242 g/mol. The topological polar surface area (TPSA) is 48.9 Å². The van der Waals surface area contributed by atoms with E-state index in [-0.39, 0.29) is 11.4 Å². The van der Waals surface area contributed by atoms with Gasteiger partial charge in [-0.25, -0.2) is 23.5 Å². The van der Waals surface area contributed by atoms with Crippen LogP contribution in [0.15, 0.2) is 52.1 Å². The van der Waals surface area contributed by atoms with Crippen LogP contribution in [0.1, 0.15) is 0 Å². The largest absolute Gasteiger partial charge is 0.351 e. The molecule has 0 atom stereocenters. The van der Waals surface area contributed by atoms with E-state index in [2.05, 4.69) is 0 Å². The summed E-state index contributed by atoms with van der Waals surface area (Å²) in [6.45, 7) is 0. The Hall–Kier alpha value is -2.56. The van der Waals surface area contributed by atoms with Gasteiger partial charge in [0.1, 0.15) is 0 Å². The fourth-order valence-corrected chi connectivity index (χ4v) is 2.24. The van der Waals surface area contributed by atoms with Crippen LogP contribution in [-0.4, -0.2) is 13.9 Å². The molecule has 3 aromatic rings. The predicted molar refractivity (Wildman–Crippen MR) is 73.8 cm³/mol. The lowest BCUT2D eigenvalue weighted by Gasteiger charge is -2.04. The quantitative estimate of drug-likeness (QED) is 0.652. The van der Waals surface area contributed by atoms with Gasteiger partial charge in [-0.05, 0) is 11.5 Å². The molecule has 0 unspecified atom stereocenters. The SMILES string of the molecule is Cn1c(=O)n(-c2cccc3ccccc23)c(=O)n1C. The summed E-state index contributed by atoms with van der Waals surface area (Å²) >= 11 is 0. The second-order valence-electron chi connectivity index (χ2n) is 4.45. The van der Waals surface area contributed by atoms with Crippen molar-refractivity contribution >= 4 is 10.8 Å². The van der Waals surface area contributed by atoms with Crippen molar-refractivity contribution in [2.45, 2.75) is 0 Å². The minimum absolute atomic E-state index is 0.344. The van der Waals surface area contributed by atoms with E-state index >= 15 is 0 Å². The maximum atomic E-state index is 12.2. The van der Waals surface area contributed by atoms with E-state index in [1.807, 2.05) is 36.4 Å². The zero-order valence-corrected chi connectivity index (χ0v) is 10.7. The molecule has 0 aliphatic heterocycles. The summed E-state index contributed by atoms with van der Waals surface area (Å²) < 4.78 is 3.79. The summed E-state index contributed by atoms with van der Waals surface area (Å²) in [5, 5.41) is 1.88. The van der Waals surface area contributed by atoms with Crippen LogP contribution in [-0.2, 0) is 14.1 Å². The second kappa shape index (κ2) is 3.98. The van der Waals surface area contributed by atoms with Gasteiger partial charge < -0.3 is 0 Å². The predicted octanol–water partition coefficient (Wildman–Crippen LogP) is 1.03. The molecule has 96 valence electrons. The Kier molecular flexibility index (Phi) is 2.41. The first kappa shape index (κ1) is 11.5. The Morgan fingerprint density at radius 3 is 2.05 bits per heavy atom. The Morgan fingerprint density at radius 1 is 0.789 bits per heavy atom. The Morgan fingerprint density at radius 2 is 1.37 bits per heavy atom. The maximum absolute atomic E-state index is 12.2. The van der Waals surface area contributed by atoms with Gasteiger partial charge >= 0.3 is 11.4 Å². The highest BCUT2D eigenvalue weighted by Crippen LogP contribution is 2.19. The lowest BCUT2D eigenvalue weighted by Crippen LogP contribution is -2.26. The van der Waals surface area contributed by atoms with Gasteiger partial charge in [0.15, 0.2) is 0 Å². The first-order chi connectivity index (χ1) is 9.11. The van der Waals surface area contributed by atoms with Crippen LogP contribution in [0.25, 0.3) is 16.5 Å². The highest BCUT2D eigenvalue weighted by Gasteiger charge is 2.13. The van der Waals surface area contributed by atoms with E-state index in [9.17, 15) is 9.59 Å². The Balaban J connectivity index is 2.48. The van der Waals surface area contributed by atoms with Crippen LogP contribution in [0.3, 0.4) is 0 Å². The highest BCUT2D eigenvalue weighted by atomic mass is 16.2. The van der Waals surface area contributed by atoms with Crippen molar-refractivity contribution in [2.75, 3.05) is 0 Å². The van der Waals surface area contributed by atoms with E-state index in [4.69, 9.17) is 0 Å². The molecule has 3 rings (SSSR count). The number of benzene rings is 2. The maximum Gasteiger partial charge on any atom is 0.351 e. The first-order valence-corrected chi connectivity index (χ1v) is 5.94. The monoisotopic (exact) mass is 255 g/mol. The average molecular weight is 255 g/mol. The van der Waals surface area contributed by atoms with Crippen LogP contribution in [0, 0.1) is 0 Å². The molecule has 0 spiro atoms. The van der Waals surface area contributed by atoms with E-state index in [1.54, 1.807) is 20.2 Å². The van der Waals surface area contributed by atoms with Gasteiger partial charge in [-0.2, -0.15) is 0 Å². The zero-order chi connectivity index (χ0) is 13.6. The molecule has 1 heterocycles. The summed E-state index contributed by atoms with van der Waals surface area (Å²) in [5.41, 5.74) is -0.0722. The van der Waals surface area contributed by atoms with Gasteiger partial charge in [-0.3, -0.25) is 0 Å². The van der Waals surface area contributed by atoms with E-state index in [0.29, 0.717) is 5.69 Å². The van der Waals surface area contributed by atoms with Crippen molar-refractivity contribution in [1.29, 1.82) is 0 Å². The Bertz CT molecular complexity index is 845. The fourth-order valence-electron chi connectivity index (χ4n) is 2.24. The molecule has 5 nitrogen and oxygen atoms in total. The molecule has 0 bridgehead atoms. The number of nitrogens with zero attached hydrogens (tertiary/aromatic N) is 3. The smallest absolute Gasteiger partial charge is 0.246 e. The van der Waals surface area contributed by atoms with Crippen LogP contribution >= 0.6 is 0 Å². The zero-order valence-electron chi connectivity index (χ0n) is 10.7. The molecule has 0 aliphatic carbocycles. The third kappa shape index (κ3) is 1.55. The summed E-state index contributed by atoms with van der Waals surface area (Å²) in [5.74, 6) is 0. The molecule has 0 aliphatic rings. The van der Waals surface area contributed by atoms with E-state index in [1.165, 1.54) is 13.9 Å². The van der Waals surface area contributed by atoms with Crippen molar-refractivity contribution in [3.8, 4) is 5.69 Å². The van der Waals surface area contributed by atoms with Gasteiger partial charge in [-0.1, -0.05) is 36.4 Å². The minimum Gasteiger partial charge on any atom is -0.246 e. The Labute approximate surface area is 108 Å². The van der Waals surface area contributed by atoms with Crippen molar-refractivity contribution in [3.63, 3.8) is 0 Å². The first-order valence-electron chi connectivity index (χ1n) is 5.94. The van der Waals surface area contributed by atoms with Crippen LogP contribution in [0.4, 0.5) is 0 Å². The molecule has 2 aromatic carbocycles. The number of aromatic nitrogens is 3. The molecule has 5 heteroatoms. The molecule has 19 heavy (non-hydrogen) atoms.